The number of benzene rings is 1. The highest BCUT2D eigenvalue weighted by molar-refractivity contribution is 6.48. The molecule has 0 amide bonds. The summed E-state index contributed by atoms with van der Waals surface area (Å²) in [6.07, 6.45) is -5.66. The summed E-state index contributed by atoms with van der Waals surface area (Å²) < 4.78 is 44.5. The zero-order chi connectivity index (χ0) is 14.2. The minimum atomic E-state index is -4.76. The van der Waals surface area contributed by atoms with Gasteiger partial charge in [-0.3, -0.25) is 0 Å². The number of ether oxygens (including phenoxy) is 2. The Bertz CT molecular complexity index is 537. The summed E-state index contributed by atoms with van der Waals surface area (Å²) >= 11 is 11.4. The highest BCUT2D eigenvalue weighted by Crippen LogP contribution is 2.39. The molecule has 2 rings (SSSR count). The van der Waals surface area contributed by atoms with Crippen molar-refractivity contribution in [1.29, 1.82) is 0 Å². The number of esters is 1. The third-order valence-electron chi connectivity index (χ3n) is 2.26. The first kappa shape index (κ1) is 14.0. The average Bonchev–Trinajstić information content (AvgIpc) is 2.56. The van der Waals surface area contributed by atoms with Gasteiger partial charge >= 0.3 is 12.3 Å². The van der Waals surface area contributed by atoms with E-state index in [1.807, 2.05) is 0 Å². The van der Waals surface area contributed by atoms with Crippen LogP contribution < -0.4 is 4.74 Å². The van der Waals surface area contributed by atoms with Gasteiger partial charge in [-0.1, -0.05) is 35.3 Å². The van der Waals surface area contributed by atoms with Gasteiger partial charge in [-0.05, 0) is 17.7 Å². The maximum absolute atomic E-state index is 12.0. The van der Waals surface area contributed by atoms with E-state index >= 15 is 0 Å². The van der Waals surface area contributed by atoms with Crippen molar-refractivity contribution in [2.75, 3.05) is 0 Å². The second-order valence-corrected chi connectivity index (χ2v) is 4.35. The van der Waals surface area contributed by atoms with Crippen molar-refractivity contribution >= 4 is 29.2 Å². The minimum Gasteiger partial charge on any atom is -0.447 e. The third kappa shape index (κ3) is 3.13. The lowest BCUT2D eigenvalue weighted by atomic mass is 10.1. The van der Waals surface area contributed by atoms with Crippen LogP contribution in [0.2, 0.25) is 0 Å². The lowest BCUT2D eigenvalue weighted by molar-refractivity contribution is -0.274. The van der Waals surface area contributed by atoms with Crippen molar-refractivity contribution in [3.8, 4) is 5.75 Å². The fraction of sp³-hybridized carbons (Fsp3) is 0.182. The van der Waals surface area contributed by atoms with Crippen molar-refractivity contribution in [3.05, 3.63) is 39.9 Å². The molecule has 0 saturated heterocycles. The molecule has 19 heavy (non-hydrogen) atoms. The van der Waals surface area contributed by atoms with E-state index in [1.54, 1.807) is 0 Å². The largest absolute Gasteiger partial charge is 0.573 e. The van der Waals surface area contributed by atoms with Gasteiger partial charge in [0.1, 0.15) is 10.8 Å². The summed E-state index contributed by atoms with van der Waals surface area (Å²) in [7, 11) is 0. The molecule has 0 fully saturated rings. The van der Waals surface area contributed by atoms with Gasteiger partial charge in [0.25, 0.3) is 0 Å². The molecule has 1 aromatic rings. The first-order chi connectivity index (χ1) is 8.78. The topological polar surface area (TPSA) is 35.5 Å². The van der Waals surface area contributed by atoms with Crippen molar-refractivity contribution < 1.29 is 27.4 Å². The molecule has 3 nitrogen and oxygen atoms in total. The molecule has 0 aromatic heterocycles. The number of hydrogen-bond acceptors (Lipinski definition) is 3. The van der Waals surface area contributed by atoms with Crippen molar-refractivity contribution in [3.63, 3.8) is 0 Å². The number of alkyl halides is 3. The molecule has 0 N–H and O–H groups in total. The molecular formula is C11H5Cl2F3O3. The van der Waals surface area contributed by atoms with E-state index in [0.717, 1.165) is 12.1 Å². The van der Waals surface area contributed by atoms with E-state index in [0.29, 0.717) is 5.56 Å². The van der Waals surface area contributed by atoms with Crippen LogP contribution in [0.3, 0.4) is 0 Å². The van der Waals surface area contributed by atoms with Crippen molar-refractivity contribution in [1.82, 2.24) is 0 Å². The van der Waals surface area contributed by atoms with Crippen LogP contribution in [0, 0.1) is 0 Å². The van der Waals surface area contributed by atoms with E-state index in [2.05, 4.69) is 4.74 Å². The first-order valence-corrected chi connectivity index (χ1v) is 5.65. The number of halogens is 5. The predicted octanol–water partition coefficient (Wildman–Crippen LogP) is 3.87. The van der Waals surface area contributed by atoms with E-state index in [4.69, 9.17) is 27.9 Å². The smallest absolute Gasteiger partial charge is 0.447 e. The van der Waals surface area contributed by atoms with E-state index in [1.165, 1.54) is 12.1 Å². The van der Waals surface area contributed by atoms with Gasteiger partial charge < -0.3 is 9.47 Å². The zero-order valence-corrected chi connectivity index (χ0v) is 10.5. The van der Waals surface area contributed by atoms with Crippen LogP contribution in [0.1, 0.15) is 11.7 Å². The SMILES string of the molecule is O=C1OC(c2ccc(OC(F)(F)F)cc2)C(Cl)=C1Cl. The predicted molar refractivity (Wildman–Crippen MR) is 60.7 cm³/mol. The normalized spacial score (nSPS) is 19.6. The number of rotatable bonds is 2. The Balaban J connectivity index is 2.18. The molecule has 1 unspecified atom stereocenters. The molecule has 102 valence electrons. The summed E-state index contributed by atoms with van der Waals surface area (Å²) in [4.78, 5) is 11.2. The van der Waals surface area contributed by atoms with Crippen LogP contribution >= 0.6 is 23.2 Å². The summed E-state index contributed by atoms with van der Waals surface area (Å²) in [6, 6.07) is 4.79. The lowest BCUT2D eigenvalue weighted by Gasteiger charge is -2.12. The van der Waals surface area contributed by atoms with Gasteiger partial charge in [-0.25, -0.2) is 4.79 Å². The quantitative estimate of drug-likeness (QED) is 0.778. The average molecular weight is 313 g/mol. The van der Waals surface area contributed by atoms with Gasteiger partial charge in [0.05, 0.1) is 5.03 Å². The van der Waals surface area contributed by atoms with Crippen molar-refractivity contribution in [2.45, 2.75) is 12.5 Å². The van der Waals surface area contributed by atoms with Gasteiger partial charge in [0.2, 0.25) is 0 Å². The standard InChI is InChI=1S/C11H5Cl2F3O3/c12-7-8(13)10(17)18-9(7)5-1-3-6(4-2-5)19-11(14,15)16/h1-4,9H. The van der Waals surface area contributed by atoms with Gasteiger partial charge in [-0.2, -0.15) is 0 Å². The Morgan fingerprint density at radius 1 is 1.16 bits per heavy atom. The van der Waals surface area contributed by atoms with Crippen LogP contribution in [0.25, 0.3) is 0 Å². The van der Waals surface area contributed by atoms with E-state index in [-0.39, 0.29) is 15.8 Å². The summed E-state index contributed by atoms with van der Waals surface area (Å²) in [5.74, 6) is -1.15. The van der Waals surface area contributed by atoms with Gasteiger partial charge in [-0.15, -0.1) is 13.2 Å². The maximum atomic E-state index is 12.0. The van der Waals surface area contributed by atoms with Crippen molar-refractivity contribution in [2.24, 2.45) is 0 Å². The maximum Gasteiger partial charge on any atom is 0.573 e. The molecule has 0 spiro atoms. The molecule has 8 heteroatoms. The highest BCUT2D eigenvalue weighted by atomic mass is 35.5. The summed E-state index contributed by atoms with van der Waals surface area (Å²) in [6.45, 7) is 0. The number of hydrogen-bond donors (Lipinski definition) is 0. The molecule has 0 saturated carbocycles. The Kier molecular flexibility index (Phi) is 3.64. The van der Waals surface area contributed by atoms with Gasteiger partial charge in [0, 0.05) is 0 Å². The number of cyclic esters (lactones) is 1. The number of carbonyl (C=O) groups excluding carboxylic acids is 1. The third-order valence-corrected chi connectivity index (χ3v) is 3.10. The molecule has 0 radical (unpaired) electrons. The Labute approximate surface area is 115 Å². The molecule has 1 heterocycles. The van der Waals surface area contributed by atoms with Crippen LogP contribution in [0.4, 0.5) is 13.2 Å². The minimum absolute atomic E-state index is 0.00356. The molecule has 0 aliphatic carbocycles. The zero-order valence-electron chi connectivity index (χ0n) is 9.00. The summed E-state index contributed by atoms with van der Waals surface area (Å²) in [5.41, 5.74) is 0.392. The van der Waals surface area contributed by atoms with Gasteiger partial charge in [0.15, 0.2) is 6.10 Å². The van der Waals surface area contributed by atoms with Crippen LogP contribution in [0.5, 0.6) is 5.75 Å². The molecular weight excluding hydrogens is 308 g/mol. The van der Waals surface area contributed by atoms with Crippen LogP contribution in [-0.2, 0) is 9.53 Å². The van der Waals surface area contributed by atoms with Crippen LogP contribution in [0.15, 0.2) is 34.3 Å². The summed E-state index contributed by atoms with van der Waals surface area (Å²) in [5, 5.41) is -0.238. The Hall–Kier alpha value is -1.40. The fourth-order valence-corrected chi connectivity index (χ4v) is 1.87. The first-order valence-electron chi connectivity index (χ1n) is 4.90. The molecule has 1 atom stereocenters. The fourth-order valence-electron chi connectivity index (χ4n) is 1.48. The Morgan fingerprint density at radius 3 is 2.16 bits per heavy atom. The molecule has 0 bridgehead atoms. The second-order valence-electron chi connectivity index (χ2n) is 3.56. The van der Waals surface area contributed by atoms with E-state index < -0.39 is 18.4 Å². The molecule has 1 aromatic carbocycles. The second kappa shape index (κ2) is 4.94. The molecule has 1 aliphatic heterocycles. The Morgan fingerprint density at radius 2 is 1.74 bits per heavy atom. The van der Waals surface area contributed by atoms with Crippen LogP contribution in [-0.4, -0.2) is 12.3 Å². The monoisotopic (exact) mass is 312 g/mol. The lowest BCUT2D eigenvalue weighted by Crippen LogP contribution is -2.17. The van der Waals surface area contributed by atoms with E-state index in [9.17, 15) is 18.0 Å². The highest BCUT2D eigenvalue weighted by Gasteiger charge is 2.34. The molecule has 1 aliphatic rings. The number of carbonyl (C=O) groups is 1.